The Bertz CT molecular complexity index is 230. The molecule has 2 fully saturated rings. The number of carbonyl (C=O) groups excluding carboxylic acids is 1. The summed E-state index contributed by atoms with van der Waals surface area (Å²) < 4.78 is 10.6. The molecule has 1 saturated carbocycles. The molecule has 0 bridgehead atoms. The van der Waals surface area contributed by atoms with Crippen molar-refractivity contribution in [2.75, 3.05) is 19.8 Å². The van der Waals surface area contributed by atoms with Gasteiger partial charge in [0, 0.05) is 6.04 Å². The Kier molecular flexibility index (Phi) is 4.18. The summed E-state index contributed by atoms with van der Waals surface area (Å²) >= 11 is 0. The number of amides is 1. The molecule has 4 nitrogen and oxygen atoms in total. The Morgan fingerprint density at radius 1 is 1.19 bits per heavy atom. The minimum atomic E-state index is -0.395. The molecule has 1 N–H and O–H groups in total. The van der Waals surface area contributed by atoms with Gasteiger partial charge < -0.3 is 14.8 Å². The molecule has 16 heavy (non-hydrogen) atoms. The van der Waals surface area contributed by atoms with Gasteiger partial charge in [0.05, 0.1) is 19.8 Å². The maximum absolute atomic E-state index is 11.8. The molecule has 2 aliphatic rings. The number of rotatable bonds is 2. The van der Waals surface area contributed by atoms with E-state index in [-0.39, 0.29) is 5.91 Å². The molecular weight excluding hydrogens is 206 g/mol. The third-order valence-electron chi connectivity index (χ3n) is 3.47. The summed E-state index contributed by atoms with van der Waals surface area (Å²) in [5.41, 5.74) is 0. The molecule has 1 amide bonds. The average Bonchev–Trinajstić information content (AvgIpc) is 2.33. The zero-order valence-electron chi connectivity index (χ0n) is 9.91. The predicted octanol–water partition coefficient (Wildman–Crippen LogP) is 1.10. The minimum Gasteiger partial charge on any atom is -0.376 e. The van der Waals surface area contributed by atoms with Gasteiger partial charge in [0.15, 0.2) is 6.10 Å². The second-order valence-corrected chi connectivity index (χ2v) is 4.90. The first-order chi connectivity index (χ1) is 7.75. The lowest BCUT2D eigenvalue weighted by molar-refractivity contribution is -0.148. The lowest BCUT2D eigenvalue weighted by atomic mass is 9.87. The molecule has 0 spiro atoms. The Morgan fingerprint density at radius 3 is 2.56 bits per heavy atom. The highest BCUT2D eigenvalue weighted by atomic mass is 16.6. The molecule has 0 aromatic carbocycles. The molecule has 1 atom stereocenters. The van der Waals surface area contributed by atoms with Gasteiger partial charge in [-0.25, -0.2) is 0 Å². The number of carbonyl (C=O) groups is 1. The van der Waals surface area contributed by atoms with Crippen LogP contribution < -0.4 is 5.32 Å². The first-order valence-electron chi connectivity index (χ1n) is 6.25. The summed E-state index contributed by atoms with van der Waals surface area (Å²) in [6.07, 6.45) is 4.23. The topological polar surface area (TPSA) is 47.6 Å². The molecule has 1 heterocycles. The van der Waals surface area contributed by atoms with Crippen LogP contribution in [0.2, 0.25) is 0 Å². The van der Waals surface area contributed by atoms with Crippen LogP contribution in [0.4, 0.5) is 0 Å². The van der Waals surface area contributed by atoms with E-state index in [0.29, 0.717) is 25.9 Å². The van der Waals surface area contributed by atoms with Crippen LogP contribution >= 0.6 is 0 Å². The molecule has 0 radical (unpaired) electrons. The standard InChI is InChI=1S/C12H21NO3/c1-9-2-4-10(5-3-9)13-12(14)11-8-15-6-7-16-11/h9-11H,2-8H2,1H3,(H,13,14). The molecule has 4 heteroatoms. The van der Waals surface area contributed by atoms with Crippen LogP contribution in [-0.2, 0) is 14.3 Å². The molecule has 2 rings (SSSR count). The van der Waals surface area contributed by atoms with E-state index in [4.69, 9.17) is 9.47 Å². The van der Waals surface area contributed by atoms with Crippen LogP contribution in [0.15, 0.2) is 0 Å². The number of ether oxygens (including phenoxy) is 2. The summed E-state index contributed by atoms with van der Waals surface area (Å²) in [6, 6.07) is 0.342. The first kappa shape index (κ1) is 11.9. The van der Waals surface area contributed by atoms with E-state index in [9.17, 15) is 4.79 Å². The molecule has 1 aliphatic heterocycles. The minimum absolute atomic E-state index is 0.000692. The molecule has 1 aliphatic carbocycles. The van der Waals surface area contributed by atoms with E-state index >= 15 is 0 Å². The number of hydrogen-bond donors (Lipinski definition) is 1. The largest absolute Gasteiger partial charge is 0.376 e. The molecular formula is C12H21NO3. The summed E-state index contributed by atoms with van der Waals surface area (Å²) in [6.45, 7) is 3.80. The van der Waals surface area contributed by atoms with E-state index in [1.54, 1.807) is 0 Å². The van der Waals surface area contributed by atoms with Crippen LogP contribution in [0.3, 0.4) is 0 Å². The average molecular weight is 227 g/mol. The second kappa shape index (κ2) is 5.64. The van der Waals surface area contributed by atoms with Crippen molar-refractivity contribution in [3.63, 3.8) is 0 Å². The van der Waals surface area contributed by atoms with Gasteiger partial charge >= 0.3 is 0 Å². The Labute approximate surface area is 96.7 Å². The van der Waals surface area contributed by atoms with Crippen LogP contribution in [-0.4, -0.2) is 37.9 Å². The van der Waals surface area contributed by atoms with Crippen molar-refractivity contribution >= 4 is 5.91 Å². The zero-order chi connectivity index (χ0) is 11.4. The Morgan fingerprint density at radius 2 is 1.94 bits per heavy atom. The fourth-order valence-electron chi connectivity index (χ4n) is 2.34. The normalized spacial score (nSPS) is 35.7. The summed E-state index contributed by atoms with van der Waals surface area (Å²) in [5.74, 6) is 0.807. The quantitative estimate of drug-likeness (QED) is 0.768. The van der Waals surface area contributed by atoms with Gasteiger partial charge in [-0.2, -0.15) is 0 Å². The van der Waals surface area contributed by atoms with E-state index < -0.39 is 6.10 Å². The molecule has 0 aromatic heterocycles. The summed E-state index contributed by atoms with van der Waals surface area (Å²) in [5, 5.41) is 3.07. The van der Waals surface area contributed by atoms with Crippen LogP contribution in [0.5, 0.6) is 0 Å². The summed E-state index contributed by atoms with van der Waals surface area (Å²) in [4.78, 5) is 11.8. The lowest BCUT2D eigenvalue weighted by Gasteiger charge is -2.29. The highest BCUT2D eigenvalue weighted by Crippen LogP contribution is 2.23. The summed E-state index contributed by atoms with van der Waals surface area (Å²) in [7, 11) is 0. The molecule has 92 valence electrons. The Hall–Kier alpha value is -0.610. The van der Waals surface area contributed by atoms with E-state index in [2.05, 4.69) is 12.2 Å². The van der Waals surface area contributed by atoms with Crippen molar-refractivity contribution < 1.29 is 14.3 Å². The van der Waals surface area contributed by atoms with Crippen molar-refractivity contribution in [2.24, 2.45) is 5.92 Å². The number of nitrogens with one attached hydrogen (secondary N) is 1. The van der Waals surface area contributed by atoms with E-state index in [1.165, 1.54) is 12.8 Å². The van der Waals surface area contributed by atoms with Crippen molar-refractivity contribution in [1.82, 2.24) is 5.32 Å². The third kappa shape index (κ3) is 3.19. The maximum atomic E-state index is 11.8. The third-order valence-corrected chi connectivity index (χ3v) is 3.47. The van der Waals surface area contributed by atoms with Crippen molar-refractivity contribution in [3.8, 4) is 0 Å². The lowest BCUT2D eigenvalue weighted by Crippen LogP contribution is -2.47. The Balaban J connectivity index is 1.73. The highest BCUT2D eigenvalue weighted by molar-refractivity contribution is 5.81. The van der Waals surface area contributed by atoms with Crippen molar-refractivity contribution in [2.45, 2.75) is 44.8 Å². The van der Waals surface area contributed by atoms with Gasteiger partial charge in [-0.1, -0.05) is 6.92 Å². The molecule has 1 unspecified atom stereocenters. The van der Waals surface area contributed by atoms with Gasteiger partial charge in [0.25, 0.3) is 5.91 Å². The molecule has 0 aromatic rings. The fraction of sp³-hybridized carbons (Fsp3) is 0.917. The van der Waals surface area contributed by atoms with Crippen molar-refractivity contribution in [1.29, 1.82) is 0 Å². The monoisotopic (exact) mass is 227 g/mol. The van der Waals surface area contributed by atoms with Crippen LogP contribution in [0, 0.1) is 5.92 Å². The smallest absolute Gasteiger partial charge is 0.251 e. The van der Waals surface area contributed by atoms with Crippen molar-refractivity contribution in [3.05, 3.63) is 0 Å². The van der Waals surface area contributed by atoms with Crippen LogP contribution in [0.25, 0.3) is 0 Å². The zero-order valence-corrected chi connectivity index (χ0v) is 9.91. The SMILES string of the molecule is CC1CCC(NC(=O)C2COCCO2)CC1. The molecule has 1 saturated heterocycles. The predicted molar refractivity (Wildman–Crippen MR) is 60.1 cm³/mol. The van der Waals surface area contributed by atoms with Gasteiger partial charge in [0.2, 0.25) is 0 Å². The maximum Gasteiger partial charge on any atom is 0.251 e. The second-order valence-electron chi connectivity index (χ2n) is 4.90. The van der Waals surface area contributed by atoms with E-state index in [1.807, 2.05) is 0 Å². The number of hydrogen-bond acceptors (Lipinski definition) is 3. The first-order valence-corrected chi connectivity index (χ1v) is 6.25. The van der Waals surface area contributed by atoms with Gasteiger partial charge in [0.1, 0.15) is 0 Å². The highest BCUT2D eigenvalue weighted by Gasteiger charge is 2.26. The van der Waals surface area contributed by atoms with Gasteiger partial charge in [-0.05, 0) is 31.6 Å². The fourth-order valence-corrected chi connectivity index (χ4v) is 2.34. The van der Waals surface area contributed by atoms with Gasteiger partial charge in [-0.3, -0.25) is 4.79 Å². The van der Waals surface area contributed by atoms with Gasteiger partial charge in [-0.15, -0.1) is 0 Å². The van der Waals surface area contributed by atoms with Crippen LogP contribution in [0.1, 0.15) is 32.6 Å². The van der Waals surface area contributed by atoms with E-state index in [0.717, 1.165) is 18.8 Å².